The molecule has 0 saturated carbocycles. The smallest absolute Gasteiger partial charge is 0.407 e. The summed E-state index contributed by atoms with van der Waals surface area (Å²) < 4.78 is 11.9. The maximum Gasteiger partial charge on any atom is 0.407 e. The molecule has 0 fully saturated rings. The van der Waals surface area contributed by atoms with Gasteiger partial charge in [0.25, 0.3) is 0 Å². The minimum Gasteiger partial charge on any atom is -0.456 e. The highest BCUT2D eigenvalue weighted by molar-refractivity contribution is 5.81. The molecule has 0 aliphatic heterocycles. The third-order valence-electron chi connectivity index (χ3n) is 3.72. The van der Waals surface area contributed by atoms with Crippen molar-refractivity contribution in [3.05, 3.63) is 36.2 Å². The van der Waals surface area contributed by atoms with Crippen molar-refractivity contribution in [2.75, 3.05) is 6.61 Å². The van der Waals surface area contributed by atoms with E-state index in [9.17, 15) is 9.59 Å². The number of carbonyl (C=O) groups is 2. The average molecular weight is 361 g/mol. The molecule has 0 saturated heterocycles. The number of amides is 1. The van der Waals surface area contributed by atoms with E-state index in [1.54, 1.807) is 13.8 Å². The fraction of sp³-hybridized carbons (Fsp3) is 0.471. The molecular formula is C17H23N5O4. The summed E-state index contributed by atoms with van der Waals surface area (Å²) >= 11 is 0. The maximum absolute atomic E-state index is 12.5. The van der Waals surface area contributed by atoms with Gasteiger partial charge in [0.1, 0.15) is 18.5 Å². The lowest BCUT2D eigenvalue weighted by Crippen LogP contribution is -2.45. The van der Waals surface area contributed by atoms with E-state index in [0.717, 1.165) is 11.3 Å². The molecule has 2 rings (SSSR count). The van der Waals surface area contributed by atoms with Crippen LogP contribution in [0.25, 0.3) is 5.69 Å². The van der Waals surface area contributed by atoms with Crippen LogP contribution in [0.3, 0.4) is 0 Å². The summed E-state index contributed by atoms with van der Waals surface area (Å²) in [7, 11) is 0. The first-order valence-electron chi connectivity index (χ1n) is 8.39. The van der Waals surface area contributed by atoms with E-state index >= 15 is 0 Å². The monoisotopic (exact) mass is 361 g/mol. The lowest BCUT2D eigenvalue weighted by molar-refractivity contribution is -0.152. The van der Waals surface area contributed by atoms with Crippen LogP contribution >= 0.6 is 0 Å². The van der Waals surface area contributed by atoms with Gasteiger partial charge in [-0.25, -0.2) is 14.3 Å². The van der Waals surface area contributed by atoms with Crippen LogP contribution in [0.4, 0.5) is 4.79 Å². The number of benzene rings is 1. The Morgan fingerprint density at radius 3 is 2.65 bits per heavy atom. The zero-order chi connectivity index (χ0) is 19.1. The zero-order valence-electron chi connectivity index (χ0n) is 15.2. The first kappa shape index (κ1) is 19.4. The third-order valence-corrected chi connectivity index (χ3v) is 3.72. The fourth-order valence-corrected chi connectivity index (χ4v) is 2.31. The molecule has 9 heteroatoms. The summed E-state index contributed by atoms with van der Waals surface area (Å²) in [6.07, 6.45) is 0.328. The van der Waals surface area contributed by atoms with Crippen LogP contribution in [0.2, 0.25) is 0 Å². The molecule has 1 N–H and O–H groups in total. The van der Waals surface area contributed by atoms with Crippen LogP contribution in [-0.2, 0) is 14.3 Å². The van der Waals surface area contributed by atoms with Crippen molar-refractivity contribution in [2.24, 2.45) is 5.92 Å². The Labute approximate surface area is 151 Å². The Morgan fingerprint density at radius 2 is 2.04 bits per heavy atom. The molecule has 0 unspecified atom stereocenters. The van der Waals surface area contributed by atoms with Gasteiger partial charge in [0, 0.05) is 0 Å². The predicted molar refractivity (Wildman–Crippen MR) is 92.4 cm³/mol. The number of esters is 1. The molecule has 1 aromatic heterocycles. The Balaban J connectivity index is 2.07. The average Bonchev–Trinajstić information content (AvgIpc) is 3.14. The molecule has 0 aliphatic carbocycles. The quantitative estimate of drug-likeness (QED) is 0.752. The summed E-state index contributed by atoms with van der Waals surface area (Å²) in [5.41, 5.74) is 1.53. The number of hydrogen-bond acceptors (Lipinski definition) is 7. The number of nitrogens with zero attached hydrogens (tertiary/aromatic N) is 4. The van der Waals surface area contributed by atoms with Crippen molar-refractivity contribution >= 4 is 12.1 Å². The zero-order valence-corrected chi connectivity index (χ0v) is 15.2. The van der Waals surface area contributed by atoms with Crippen molar-refractivity contribution in [2.45, 2.75) is 39.8 Å². The van der Waals surface area contributed by atoms with Crippen LogP contribution in [0, 0.1) is 5.92 Å². The number of alkyl carbamates (subject to hydrolysis) is 1. The molecule has 0 aliphatic rings. The van der Waals surface area contributed by atoms with Gasteiger partial charge in [0.2, 0.25) is 0 Å². The van der Waals surface area contributed by atoms with Gasteiger partial charge in [-0.1, -0.05) is 26.0 Å². The van der Waals surface area contributed by atoms with E-state index in [0.29, 0.717) is 0 Å². The maximum atomic E-state index is 12.5. The van der Waals surface area contributed by atoms with Crippen LogP contribution < -0.4 is 5.32 Å². The number of ether oxygens (including phenoxy) is 2. The lowest BCUT2D eigenvalue weighted by Gasteiger charge is -2.23. The van der Waals surface area contributed by atoms with Crippen LogP contribution in [0.5, 0.6) is 0 Å². The molecule has 0 spiro atoms. The summed E-state index contributed by atoms with van der Waals surface area (Å²) in [5, 5.41) is 13.6. The Kier molecular flexibility index (Phi) is 6.65. The summed E-state index contributed by atoms with van der Waals surface area (Å²) in [6, 6.07) is 6.55. The molecule has 1 aromatic carbocycles. The molecule has 26 heavy (non-hydrogen) atoms. The Hall–Kier alpha value is -2.97. The highest BCUT2D eigenvalue weighted by Crippen LogP contribution is 2.21. The number of aromatic nitrogens is 4. The van der Waals surface area contributed by atoms with Crippen molar-refractivity contribution in [1.29, 1.82) is 0 Å². The number of nitrogens with one attached hydrogen (secondary N) is 1. The molecule has 2 aromatic rings. The SMILES string of the molecule is CCOC(=O)N[C@@H](C(=O)O[C@H](C)c1cccc(-n2cnnn2)c1)C(C)C. The van der Waals surface area contributed by atoms with Gasteiger partial charge >= 0.3 is 12.1 Å². The van der Waals surface area contributed by atoms with Gasteiger partial charge in [0.15, 0.2) is 0 Å². The minimum absolute atomic E-state index is 0.147. The first-order chi connectivity index (χ1) is 12.4. The van der Waals surface area contributed by atoms with Crippen molar-refractivity contribution in [3.63, 3.8) is 0 Å². The predicted octanol–water partition coefficient (Wildman–Crippen LogP) is 2.04. The lowest BCUT2D eigenvalue weighted by atomic mass is 10.0. The first-order valence-corrected chi connectivity index (χ1v) is 8.39. The van der Waals surface area contributed by atoms with Crippen molar-refractivity contribution in [1.82, 2.24) is 25.5 Å². The van der Waals surface area contributed by atoms with E-state index in [1.165, 1.54) is 11.0 Å². The second-order valence-electron chi connectivity index (χ2n) is 6.01. The van der Waals surface area contributed by atoms with Gasteiger partial charge in [0.05, 0.1) is 12.3 Å². The van der Waals surface area contributed by atoms with Gasteiger partial charge < -0.3 is 14.8 Å². The fourth-order valence-electron chi connectivity index (χ4n) is 2.31. The normalized spacial score (nSPS) is 13.1. The van der Waals surface area contributed by atoms with Gasteiger partial charge in [-0.2, -0.15) is 0 Å². The molecule has 9 nitrogen and oxygen atoms in total. The number of tetrazole rings is 1. The second kappa shape index (κ2) is 8.93. The number of rotatable bonds is 7. The Bertz CT molecular complexity index is 733. The largest absolute Gasteiger partial charge is 0.456 e. The van der Waals surface area contributed by atoms with Crippen LogP contribution in [0.1, 0.15) is 39.4 Å². The van der Waals surface area contributed by atoms with E-state index in [1.807, 2.05) is 38.1 Å². The van der Waals surface area contributed by atoms with E-state index in [-0.39, 0.29) is 12.5 Å². The van der Waals surface area contributed by atoms with Crippen molar-refractivity contribution < 1.29 is 19.1 Å². The number of carbonyl (C=O) groups excluding carboxylic acids is 2. The summed E-state index contributed by atoms with van der Waals surface area (Å²) in [5.74, 6) is -0.667. The summed E-state index contributed by atoms with van der Waals surface area (Å²) in [4.78, 5) is 24.1. The van der Waals surface area contributed by atoms with E-state index < -0.39 is 24.2 Å². The van der Waals surface area contributed by atoms with Crippen LogP contribution in [0.15, 0.2) is 30.6 Å². The van der Waals surface area contributed by atoms with Gasteiger partial charge in [-0.3, -0.25) is 0 Å². The molecule has 0 bridgehead atoms. The Morgan fingerprint density at radius 1 is 1.27 bits per heavy atom. The molecule has 1 amide bonds. The molecule has 140 valence electrons. The van der Waals surface area contributed by atoms with Crippen molar-refractivity contribution in [3.8, 4) is 5.69 Å². The molecule has 2 atom stereocenters. The van der Waals surface area contributed by atoms with Gasteiger partial charge in [-0.05, 0) is 47.9 Å². The van der Waals surface area contributed by atoms with E-state index in [4.69, 9.17) is 9.47 Å². The number of hydrogen-bond donors (Lipinski definition) is 1. The second-order valence-corrected chi connectivity index (χ2v) is 6.01. The highest BCUT2D eigenvalue weighted by atomic mass is 16.6. The summed E-state index contributed by atoms with van der Waals surface area (Å²) in [6.45, 7) is 7.33. The minimum atomic E-state index is -0.792. The van der Waals surface area contributed by atoms with Crippen LogP contribution in [-0.4, -0.2) is 44.9 Å². The van der Waals surface area contributed by atoms with E-state index in [2.05, 4.69) is 20.8 Å². The standard InChI is InChI=1S/C17H23N5O4/c1-5-25-17(24)19-15(11(2)3)16(23)26-12(4)13-7-6-8-14(9-13)22-10-18-20-21-22/h6-12,15H,5H2,1-4H3,(H,19,24)/t12-,15-/m1/s1. The topological polar surface area (TPSA) is 108 Å². The molecular weight excluding hydrogens is 338 g/mol. The van der Waals surface area contributed by atoms with Gasteiger partial charge in [-0.15, -0.1) is 5.10 Å². The molecule has 1 heterocycles. The third kappa shape index (κ3) is 5.01. The highest BCUT2D eigenvalue weighted by Gasteiger charge is 2.28. The molecule has 0 radical (unpaired) electrons.